The smallest absolute Gasteiger partial charge is 0.271 e. The monoisotopic (exact) mass is 444 g/mol. The molecule has 4 aromatic rings. The number of carbonyl (C=O) groups excluding carboxylic acids is 1. The number of halogens is 1. The third-order valence-electron chi connectivity index (χ3n) is 4.90. The Hall–Kier alpha value is -4.46. The van der Waals surface area contributed by atoms with Crippen LogP contribution in [0.25, 0.3) is 16.9 Å². The van der Waals surface area contributed by atoms with Gasteiger partial charge in [0.25, 0.3) is 5.91 Å². The molecule has 1 aromatic heterocycles. The summed E-state index contributed by atoms with van der Waals surface area (Å²) in [6.45, 7) is 0. The number of rotatable bonds is 7. The summed E-state index contributed by atoms with van der Waals surface area (Å²) >= 11 is 0. The van der Waals surface area contributed by atoms with Crippen LogP contribution in [0.15, 0.2) is 84.1 Å². The predicted octanol–water partition coefficient (Wildman–Crippen LogP) is 4.46. The molecule has 4 rings (SSSR count). The van der Waals surface area contributed by atoms with E-state index in [0.29, 0.717) is 28.3 Å². The van der Waals surface area contributed by atoms with Crippen molar-refractivity contribution in [3.63, 3.8) is 0 Å². The SMILES string of the molecule is COc1ccc(C(=O)N/N=C\c2cn(-c3ccccc3)nc2-c2ccc(F)cc2)cc1OC. The van der Waals surface area contributed by atoms with Crippen LogP contribution < -0.4 is 14.9 Å². The van der Waals surface area contributed by atoms with Gasteiger partial charge in [-0.25, -0.2) is 14.5 Å². The van der Waals surface area contributed by atoms with E-state index in [4.69, 9.17) is 9.47 Å². The fourth-order valence-corrected chi connectivity index (χ4v) is 3.23. The van der Waals surface area contributed by atoms with Crippen molar-refractivity contribution in [2.45, 2.75) is 0 Å². The van der Waals surface area contributed by atoms with Crippen LogP contribution in [-0.4, -0.2) is 36.1 Å². The normalized spacial score (nSPS) is 10.9. The Kier molecular flexibility index (Phi) is 6.45. The topological polar surface area (TPSA) is 77.7 Å². The van der Waals surface area contributed by atoms with Gasteiger partial charge in [-0.05, 0) is 54.6 Å². The van der Waals surface area contributed by atoms with Crippen LogP contribution in [0.1, 0.15) is 15.9 Å². The quantitative estimate of drug-likeness (QED) is 0.337. The first-order chi connectivity index (χ1) is 16.1. The average Bonchev–Trinajstić information content (AvgIpc) is 3.28. The van der Waals surface area contributed by atoms with Crippen LogP contribution in [0, 0.1) is 5.82 Å². The fraction of sp³-hybridized carbons (Fsp3) is 0.0800. The zero-order chi connectivity index (χ0) is 23.2. The molecule has 0 aliphatic heterocycles. The molecule has 0 saturated carbocycles. The van der Waals surface area contributed by atoms with E-state index in [0.717, 1.165) is 11.3 Å². The van der Waals surface area contributed by atoms with Crippen molar-refractivity contribution in [3.8, 4) is 28.4 Å². The Bertz CT molecular complexity index is 1290. The Labute approximate surface area is 190 Å². The van der Waals surface area contributed by atoms with Crippen LogP contribution >= 0.6 is 0 Å². The first-order valence-corrected chi connectivity index (χ1v) is 10.1. The zero-order valence-corrected chi connectivity index (χ0v) is 18.0. The van der Waals surface area contributed by atoms with Gasteiger partial charge >= 0.3 is 0 Å². The van der Waals surface area contributed by atoms with Crippen molar-refractivity contribution in [1.82, 2.24) is 15.2 Å². The van der Waals surface area contributed by atoms with Gasteiger partial charge in [0.15, 0.2) is 11.5 Å². The third-order valence-corrected chi connectivity index (χ3v) is 4.90. The summed E-state index contributed by atoms with van der Waals surface area (Å²) in [6.07, 6.45) is 3.30. The number of nitrogens with zero attached hydrogens (tertiary/aromatic N) is 3. The summed E-state index contributed by atoms with van der Waals surface area (Å²) in [5.41, 5.74) is 5.70. The maximum Gasteiger partial charge on any atom is 0.271 e. The molecule has 0 aliphatic rings. The van der Waals surface area contributed by atoms with E-state index in [1.54, 1.807) is 41.2 Å². The lowest BCUT2D eigenvalue weighted by atomic mass is 10.1. The fourth-order valence-electron chi connectivity index (χ4n) is 3.23. The first kappa shape index (κ1) is 21.8. The summed E-state index contributed by atoms with van der Waals surface area (Å²) < 4.78 is 25.5. The number of hydrogen-bond acceptors (Lipinski definition) is 5. The minimum atomic E-state index is -0.411. The maximum absolute atomic E-state index is 13.4. The number of hydrazone groups is 1. The molecule has 0 spiro atoms. The largest absolute Gasteiger partial charge is 0.493 e. The molecule has 166 valence electrons. The Morgan fingerprint density at radius 3 is 2.42 bits per heavy atom. The van der Waals surface area contributed by atoms with Gasteiger partial charge in [-0.15, -0.1) is 0 Å². The molecule has 8 heteroatoms. The van der Waals surface area contributed by atoms with Crippen LogP contribution in [0.3, 0.4) is 0 Å². The highest BCUT2D eigenvalue weighted by Crippen LogP contribution is 2.27. The molecule has 0 radical (unpaired) electrons. The molecule has 0 saturated heterocycles. The van der Waals surface area contributed by atoms with Crippen molar-refractivity contribution in [1.29, 1.82) is 0 Å². The van der Waals surface area contributed by atoms with Crippen molar-refractivity contribution >= 4 is 12.1 Å². The summed E-state index contributed by atoms with van der Waals surface area (Å²) in [7, 11) is 3.02. The molecular weight excluding hydrogens is 423 g/mol. The van der Waals surface area contributed by atoms with E-state index in [9.17, 15) is 9.18 Å². The highest BCUT2D eigenvalue weighted by Gasteiger charge is 2.13. The van der Waals surface area contributed by atoms with Gasteiger partial charge in [-0.1, -0.05) is 18.2 Å². The summed E-state index contributed by atoms with van der Waals surface area (Å²) in [5.74, 6) is 0.219. The third kappa shape index (κ3) is 4.90. The highest BCUT2D eigenvalue weighted by molar-refractivity contribution is 5.96. The summed E-state index contributed by atoms with van der Waals surface area (Å²) in [6, 6.07) is 20.4. The molecule has 0 atom stereocenters. The van der Waals surface area contributed by atoms with Gasteiger partial charge < -0.3 is 9.47 Å². The van der Waals surface area contributed by atoms with E-state index < -0.39 is 5.91 Å². The first-order valence-electron chi connectivity index (χ1n) is 10.1. The standard InChI is InChI=1S/C25H21FN4O3/c1-32-22-13-10-18(14-23(22)33-2)25(31)28-27-15-19-16-30(21-6-4-3-5-7-21)29-24(19)17-8-11-20(26)12-9-17/h3-16H,1-2H3,(H,28,31)/b27-15-. The lowest BCUT2D eigenvalue weighted by Gasteiger charge is -2.08. The lowest BCUT2D eigenvalue weighted by molar-refractivity contribution is 0.0954. The van der Waals surface area contributed by atoms with Crippen molar-refractivity contribution in [3.05, 3.63) is 95.9 Å². The van der Waals surface area contributed by atoms with Gasteiger partial charge in [0.2, 0.25) is 0 Å². The van der Waals surface area contributed by atoms with Gasteiger partial charge in [0.1, 0.15) is 11.5 Å². The summed E-state index contributed by atoms with van der Waals surface area (Å²) in [5, 5.41) is 8.74. The number of carbonyl (C=O) groups is 1. The van der Waals surface area contributed by atoms with E-state index in [2.05, 4.69) is 15.6 Å². The van der Waals surface area contributed by atoms with Crippen molar-refractivity contribution in [2.24, 2.45) is 5.10 Å². The predicted molar refractivity (Wildman–Crippen MR) is 124 cm³/mol. The number of nitrogens with one attached hydrogen (secondary N) is 1. The van der Waals surface area contributed by atoms with Gasteiger partial charge in [-0.2, -0.15) is 10.2 Å². The molecule has 0 unspecified atom stereocenters. The Morgan fingerprint density at radius 2 is 1.73 bits per heavy atom. The number of para-hydroxylation sites is 1. The second kappa shape index (κ2) is 9.78. The van der Waals surface area contributed by atoms with Crippen LogP contribution in [0.5, 0.6) is 11.5 Å². The van der Waals surface area contributed by atoms with Crippen LogP contribution in [0.4, 0.5) is 4.39 Å². The van der Waals surface area contributed by atoms with E-state index in [1.807, 2.05) is 30.3 Å². The number of aromatic nitrogens is 2. The molecule has 0 fully saturated rings. The number of benzene rings is 3. The van der Waals surface area contributed by atoms with E-state index in [1.165, 1.54) is 32.6 Å². The molecule has 3 aromatic carbocycles. The molecule has 33 heavy (non-hydrogen) atoms. The molecular formula is C25H21FN4O3. The Balaban J connectivity index is 1.60. The molecule has 1 amide bonds. The number of methoxy groups -OCH3 is 2. The Morgan fingerprint density at radius 1 is 1.00 bits per heavy atom. The molecule has 0 bridgehead atoms. The highest BCUT2D eigenvalue weighted by atomic mass is 19.1. The van der Waals surface area contributed by atoms with Crippen LogP contribution in [0.2, 0.25) is 0 Å². The molecule has 1 N–H and O–H groups in total. The number of amides is 1. The molecule has 0 aliphatic carbocycles. The van der Waals surface area contributed by atoms with Gasteiger partial charge in [0.05, 0.1) is 26.1 Å². The van der Waals surface area contributed by atoms with Crippen molar-refractivity contribution < 1.29 is 18.7 Å². The minimum absolute atomic E-state index is 0.335. The van der Waals surface area contributed by atoms with Gasteiger partial charge in [0, 0.05) is 22.9 Å². The summed E-state index contributed by atoms with van der Waals surface area (Å²) in [4.78, 5) is 12.5. The van der Waals surface area contributed by atoms with Crippen LogP contribution in [-0.2, 0) is 0 Å². The van der Waals surface area contributed by atoms with Crippen molar-refractivity contribution in [2.75, 3.05) is 14.2 Å². The number of hydrogen-bond donors (Lipinski definition) is 1. The maximum atomic E-state index is 13.4. The molecule has 1 heterocycles. The number of ether oxygens (including phenoxy) is 2. The van der Waals surface area contributed by atoms with E-state index in [-0.39, 0.29) is 5.82 Å². The lowest BCUT2D eigenvalue weighted by Crippen LogP contribution is -2.17. The second-order valence-electron chi connectivity index (χ2n) is 6.99. The minimum Gasteiger partial charge on any atom is -0.493 e. The average molecular weight is 444 g/mol. The van der Waals surface area contributed by atoms with E-state index >= 15 is 0 Å². The second-order valence-corrected chi connectivity index (χ2v) is 6.99. The molecule has 7 nitrogen and oxygen atoms in total. The van der Waals surface area contributed by atoms with Gasteiger partial charge in [-0.3, -0.25) is 4.79 Å². The zero-order valence-electron chi connectivity index (χ0n) is 18.0.